The Balaban J connectivity index is 1.24. The van der Waals surface area contributed by atoms with E-state index in [1.165, 1.54) is 0 Å². The number of carbonyl (C=O) groups excluding carboxylic acids is 3. The lowest BCUT2D eigenvalue weighted by molar-refractivity contribution is -0.127. The van der Waals surface area contributed by atoms with Crippen molar-refractivity contribution in [1.29, 1.82) is 0 Å². The van der Waals surface area contributed by atoms with Gasteiger partial charge in [0.1, 0.15) is 18.9 Å². The van der Waals surface area contributed by atoms with Gasteiger partial charge < -0.3 is 19.5 Å². The van der Waals surface area contributed by atoms with Gasteiger partial charge in [-0.15, -0.1) is 0 Å². The maximum Gasteiger partial charge on any atom is 0.294 e. The van der Waals surface area contributed by atoms with Crippen LogP contribution in [0.3, 0.4) is 0 Å². The number of hydrogen-bond acceptors (Lipinski definition) is 7. The Morgan fingerprint density at radius 3 is 2.49 bits per heavy atom. The molecule has 208 valence electrons. The van der Waals surface area contributed by atoms with Crippen LogP contribution >= 0.6 is 11.8 Å². The molecule has 41 heavy (non-hydrogen) atoms. The van der Waals surface area contributed by atoms with Gasteiger partial charge in [0.2, 0.25) is 5.91 Å². The largest absolute Gasteiger partial charge is 0.494 e. The third kappa shape index (κ3) is 6.53. The lowest BCUT2D eigenvalue weighted by atomic mass is 10.1. The van der Waals surface area contributed by atoms with Crippen molar-refractivity contribution in [1.82, 2.24) is 4.90 Å². The summed E-state index contributed by atoms with van der Waals surface area (Å²) in [5.74, 6) is 0.719. The fraction of sp³-hybridized carbons (Fsp3) is 0.156. The minimum Gasteiger partial charge on any atom is -0.494 e. The zero-order chi connectivity index (χ0) is 28.8. The Bertz CT molecular complexity index is 1630. The highest BCUT2D eigenvalue weighted by molar-refractivity contribution is 8.18. The second kappa shape index (κ2) is 12.6. The van der Waals surface area contributed by atoms with Gasteiger partial charge in [-0.1, -0.05) is 48.5 Å². The predicted octanol–water partition coefficient (Wildman–Crippen LogP) is 6.50. The summed E-state index contributed by atoms with van der Waals surface area (Å²) < 4.78 is 17.0. The number of fused-ring (bicyclic) bond motifs is 1. The third-order valence-corrected chi connectivity index (χ3v) is 7.28. The van der Waals surface area contributed by atoms with E-state index in [1.807, 2.05) is 31.2 Å². The summed E-state index contributed by atoms with van der Waals surface area (Å²) >= 11 is 0.789. The van der Waals surface area contributed by atoms with Crippen molar-refractivity contribution in [2.45, 2.75) is 13.5 Å². The Hall–Kier alpha value is -4.76. The molecule has 1 heterocycles. The second-order valence-corrected chi connectivity index (χ2v) is 10.1. The molecule has 0 bridgehead atoms. The lowest BCUT2D eigenvalue weighted by Gasteiger charge is -2.13. The highest BCUT2D eigenvalue weighted by Gasteiger charge is 2.36. The van der Waals surface area contributed by atoms with Gasteiger partial charge in [0, 0.05) is 5.69 Å². The number of benzene rings is 4. The molecule has 0 aliphatic carbocycles. The second-order valence-electron chi connectivity index (χ2n) is 9.11. The van der Waals surface area contributed by atoms with E-state index in [0.717, 1.165) is 33.0 Å². The summed E-state index contributed by atoms with van der Waals surface area (Å²) in [4.78, 5) is 39.2. The zero-order valence-corrected chi connectivity index (χ0v) is 23.4. The summed E-state index contributed by atoms with van der Waals surface area (Å²) in [5, 5.41) is 4.45. The van der Waals surface area contributed by atoms with Gasteiger partial charge in [-0.25, -0.2) is 0 Å². The van der Waals surface area contributed by atoms with Crippen LogP contribution < -0.4 is 19.5 Å². The van der Waals surface area contributed by atoms with E-state index < -0.39 is 17.1 Å². The Labute approximate surface area is 241 Å². The molecule has 5 rings (SSSR count). The number of thioether (sulfide) groups is 1. The molecule has 0 spiro atoms. The summed E-state index contributed by atoms with van der Waals surface area (Å²) in [7, 11) is 1.54. The number of nitrogens with one attached hydrogen (secondary N) is 1. The average molecular weight is 569 g/mol. The number of carbonyl (C=O) groups is 3. The smallest absolute Gasteiger partial charge is 0.294 e. The minimum absolute atomic E-state index is 0.218. The van der Waals surface area contributed by atoms with Crippen molar-refractivity contribution in [3.05, 3.63) is 101 Å². The van der Waals surface area contributed by atoms with E-state index in [0.29, 0.717) is 41.7 Å². The van der Waals surface area contributed by atoms with E-state index >= 15 is 0 Å². The quantitative estimate of drug-likeness (QED) is 0.218. The lowest BCUT2D eigenvalue weighted by Crippen LogP contribution is -2.36. The molecule has 4 aromatic rings. The third-order valence-electron chi connectivity index (χ3n) is 6.37. The van der Waals surface area contributed by atoms with Crippen LogP contribution in [0.5, 0.6) is 17.2 Å². The molecule has 9 heteroatoms. The van der Waals surface area contributed by atoms with Crippen LogP contribution in [-0.2, 0) is 16.2 Å². The zero-order valence-electron chi connectivity index (χ0n) is 22.6. The highest BCUT2D eigenvalue weighted by atomic mass is 32.2. The summed E-state index contributed by atoms with van der Waals surface area (Å²) in [6.45, 7) is 2.39. The summed E-state index contributed by atoms with van der Waals surface area (Å²) in [5.41, 5.74) is 2.24. The van der Waals surface area contributed by atoms with Crippen LogP contribution in [-0.4, -0.2) is 42.2 Å². The molecule has 3 amide bonds. The Morgan fingerprint density at radius 1 is 0.927 bits per heavy atom. The minimum atomic E-state index is -0.530. The van der Waals surface area contributed by atoms with Crippen LogP contribution in [0.25, 0.3) is 16.8 Å². The van der Waals surface area contributed by atoms with Crippen molar-refractivity contribution in [2.24, 2.45) is 0 Å². The first-order valence-corrected chi connectivity index (χ1v) is 13.8. The van der Waals surface area contributed by atoms with Crippen LogP contribution in [0.15, 0.2) is 89.8 Å². The van der Waals surface area contributed by atoms with Crippen molar-refractivity contribution in [2.75, 3.05) is 25.6 Å². The SMILES string of the molecule is CCOc1ccc(NC(=O)CN2C(=O)S/C(=C/c3ccc(OCc4cccc5ccccc45)c(OC)c3)C2=O)cc1. The number of nitrogens with zero attached hydrogens (tertiary/aromatic N) is 1. The number of amides is 3. The standard InChI is InChI=1S/C32H28N2O6S/c1-3-39-25-14-12-24(13-15-25)33-30(35)19-34-31(36)29(41-32(34)37)18-21-11-16-27(28(17-21)38-2)40-20-23-9-6-8-22-7-4-5-10-26(22)23/h4-18H,3,19-20H2,1-2H3,(H,33,35)/b29-18+. The molecule has 1 aliphatic rings. The molecule has 0 aromatic heterocycles. The van der Waals surface area contributed by atoms with Gasteiger partial charge in [-0.05, 0) is 83.1 Å². The van der Waals surface area contributed by atoms with Crippen LogP contribution in [0, 0.1) is 0 Å². The van der Waals surface area contributed by atoms with Gasteiger partial charge in [-0.2, -0.15) is 0 Å². The molecule has 0 atom stereocenters. The molecule has 1 fully saturated rings. The number of methoxy groups -OCH3 is 1. The van der Waals surface area contributed by atoms with Gasteiger partial charge in [-0.3, -0.25) is 19.3 Å². The van der Waals surface area contributed by atoms with E-state index in [-0.39, 0.29) is 11.4 Å². The van der Waals surface area contributed by atoms with Gasteiger partial charge in [0.05, 0.1) is 18.6 Å². The van der Waals surface area contributed by atoms with Gasteiger partial charge in [0.15, 0.2) is 11.5 Å². The van der Waals surface area contributed by atoms with Crippen molar-refractivity contribution < 1.29 is 28.6 Å². The fourth-order valence-electron chi connectivity index (χ4n) is 4.40. The molecule has 0 unspecified atom stereocenters. The summed E-state index contributed by atoms with van der Waals surface area (Å²) in [6, 6.07) is 26.3. The maximum atomic E-state index is 13.0. The molecule has 1 aliphatic heterocycles. The molecule has 8 nitrogen and oxygen atoms in total. The van der Waals surface area contributed by atoms with Crippen LogP contribution in [0.1, 0.15) is 18.1 Å². The molecular weight excluding hydrogens is 540 g/mol. The van der Waals surface area contributed by atoms with Gasteiger partial charge in [0.25, 0.3) is 11.1 Å². The molecular formula is C32H28N2O6S. The number of hydrogen-bond donors (Lipinski definition) is 1. The number of rotatable bonds is 10. The number of ether oxygens (including phenoxy) is 3. The normalized spacial score (nSPS) is 14.0. The first-order valence-electron chi connectivity index (χ1n) is 13.0. The molecule has 0 saturated carbocycles. The predicted molar refractivity (Wildman–Crippen MR) is 160 cm³/mol. The first kappa shape index (κ1) is 27.8. The van der Waals surface area contributed by atoms with E-state index in [1.54, 1.807) is 55.7 Å². The van der Waals surface area contributed by atoms with E-state index in [4.69, 9.17) is 14.2 Å². The van der Waals surface area contributed by atoms with Crippen LogP contribution in [0.4, 0.5) is 10.5 Å². The fourth-order valence-corrected chi connectivity index (χ4v) is 5.24. The number of imide groups is 1. The van der Waals surface area contributed by atoms with Crippen molar-refractivity contribution in [3.63, 3.8) is 0 Å². The number of anilines is 1. The van der Waals surface area contributed by atoms with Gasteiger partial charge >= 0.3 is 0 Å². The first-order chi connectivity index (χ1) is 19.9. The van der Waals surface area contributed by atoms with E-state index in [9.17, 15) is 14.4 Å². The maximum absolute atomic E-state index is 13.0. The van der Waals surface area contributed by atoms with Crippen molar-refractivity contribution in [3.8, 4) is 17.2 Å². The summed E-state index contributed by atoms with van der Waals surface area (Å²) in [6.07, 6.45) is 1.60. The molecule has 1 saturated heterocycles. The van der Waals surface area contributed by atoms with Crippen molar-refractivity contribution >= 4 is 51.4 Å². The molecule has 0 radical (unpaired) electrons. The molecule has 1 N–H and O–H groups in total. The Morgan fingerprint density at radius 2 is 1.71 bits per heavy atom. The highest BCUT2D eigenvalue weighted by Crippen LogP contribution is 2.35. The van der Waals surface area contributed by atoms with Crippen LogP contribution in [0.2, 0.25) is 0 Å². The monoisotopic (exact) mass is 568 g/mol. The Kier molecular flexibility index (Phi) is 8.55. The van der Waals surface area contributed by atoms with E-state index in [2.05, 4.69) is 23.5 Å². The topological polar surface area (TPSA) is 94.2 Å². The molecule has 4 aromatic carbocycles. The average Bonchev–Trinajstić information content (AvgIpc) is 3.24.